The summed E-state index contributed by atoms with van der Waals surface area (Å²) in [5.41, 5.74) is 0. The van der Waals surface area contributed by atoms with Gasteiger partial charge < -0.3 is 221 Å². The van der Waals surface area contributed by atoms with Crippen molar-refractivity contribution in [3.8, 4) is 0 Å². The van der Waals surface area contributed by atoms with Gasteiger partial charge in [-0.3, -0.25) is 19.2 Å². The molecule has 7 fully saturated rings. The van der Waals surface area contributed by atoms with E-state index in [4.69, 9.17) is 61.6 Å². The first-order chi connectivity index (χ1) is 51.7. The van der Waals surface area contributed by atoms with Crippen LogP contribution in [0.15, 0.2) is 0 Å². The van der Waals surface area contributed by atoms with Gasteiger partial charge in [-0.2, -0.15) is 0 Å². The third-order valence-electron chi connectivity index (χ3n) is 19.3. The molecule has 7 rings (SSSR count). The molecule has 0 saturated carbocycles. The number of hydrogen-bond acceptors (Lipinski definition) is 44. The highest BCUT2D eigenvalue weighted by molar-refractivity contribution is 5.80. The third kappa shape index (κ3) is 19.8. The summed E-state index contributed by atoms with van der Waals surface area (Å²) in [6.45, 7) is -10.5. The van der Waals surface area contributed by atoms with Crippen molar-refractivity contribution in [3.05, 3.63) is 0 Å². The SMILES string of the molecule is CC(=O)N[C@H]1[C@H](O[C@@H]2[C@H](O[C@]3(C(=O)O)C[C@H](O)[C@@H](NC(=O)CO)[C@H]([C@H](O)[C@H](O)CO)O3)[C@@H](O)[C@H](O[C@H]3[C@H](O)[C@@H](O)[C@H](O)O[C@@H]3CO)O[C@@H]2CO)O[C@H](CO)[C@H](O)[C@@H]1O[C@@H]1O[C@H](CO)[C@H](O)[C@H](O[C@]2(C(=O)O)C[C@H](O)[C@@H](NC(C)=O)[C@H]([C@H](O)[C@@H](CO)O[C@]3(C(=O)O)C[C@H](O)[C@@H](NC(=O)CO)[C@H]([C@H](O)[C@H](O)CO)O3)O2)[C@H]1O. The zero-order valence-electron chi connectivity index (χ0n) is 57.9. The monoisotopic (exact) mass is 1610 g/mol. The summed E-state index contributed by atoms with van der Waals surface area (Å²) in [7, 11) is 0. The van der Waals surface area contributed by atoms with Crippen LogP contribution in [0.1, 0.15) is 33.1 Å². The van der Waals surface area contributed by atoms with E-state index in [1.165, 1.54) is 0 Å². The minimum absolute atomic E-state index is 0.796. The fourth-order valence-electron chi connectivity index (χ4n) is 13.7. The van der Waals surface area contributed by atoms with Crippen LogP contribution in [-0.2, 0) is 95.1 Å². The molecule has 110 heavy (non-hydrogen) atoms. The number of carboxylic acids is 3. The number of ether oxygens (including phenoxy) is 13. The average molecular weight is 1610 g/mol. The number of carboxylic acid groups (broad SMARTS) is 3. The standard InChI is InChI=1S/C59H96N4O47/c1-15(73)60-29-17(75)4-58(55(94)95,108-47(29)37(86)24(10-68)105-57(54(92)93)3-18(76)30(62-27(80)13-71)45(106-57)33(82)20(78)6-64)109-48-36(85)23(9-67)100-52(40(48)89)104-44-32(61-16(2)74)51(99-22(8-66)35(44)84)103-43-26(12-70)101-53(102-42-25(11-69)98-50(91)39(88)38(42)87)41(90)49(43)110-59(56(96)97)5-19(77)31(63-28(81)14-72)46(107-59)34(83)21(79)7-65/h17-26,29-53,64-72,75-79,82-91H,3-14H2,1-2H3,(H,60,73)(H,61,74)(H,62,80)(H,63,81)(H,92,93)(H,94,95)(H,96,97)/t17-,18-,19-,20+,21+,22+,23+,24+,25+,26+,29+,30+,31+,32+,33+,34+,35-,36-,37+,38+,39+,40+,41+,42+,43-,44+,45+,46+,47+,48-,49+,50+,51-,52-,53-,57+,58-,59-/m0/s1. The Bertz CT molecular complexity index is 3050. The van der Waals surface area contributed by atoms with Gasteiger partial charge in [-0.1, -0.05) is 0 Å². The molecule has 0 unspecified atom stereocenters. The minimum atomic E-state index is -3.64. The van der Waals surface area contributed by atoms with Crippen LogP contribution in [0, 0.1) is 0 Å². The number of amides is 4. The molecule has 0 bridgehead atoms. The normalized spacial score (nSPS) is 42.8. The first-order valence-electron chi connectivity index (χ1n) is 33.8. The Morgan fingerprint density at radius 2 is 0.755 bits per heavy atom. The van der Waals surface area contributed by atoms with E-state index in [1.807, 2.05) is 10.6 Å². The summed E-state index contributed by atoms with van der Waals surface area (Å²) in [5.74, 6) is -22.5. The van der Waals surface area contributed by atoms with Gasteiger partial charge in [-0.05, 0) is 0 Å². The highest BCUT2D eigenvalue weighted by Crippen LogP contribution is 2.44. The van der Waals surface area contributed by atoms with E-state index in [9.17, 15) is 171 Å². The van der Waals surface area contributed by atoms with Crippen molar-refractivity contribution in [1.82, 2.24) is 21.3 Å². The lowest BCUT2D eigenvalue weighted by atomic mass is 9.87. The number of aliphatic hydroxyl groups excluding tert-OH is 24. The quantitative estimate of drug-likeness (QED) is 0.0284. The van der Waals surface area contributed by atoms with Crippen molar-refractivity contribution >= 4 is 41.5 Å². The largest absolute Gasteiger partial charge is 0.477 e. The second-order valence-electron chi connectivity index (χ2n) is 26.8. The number of aliphatic carboxylic acids is 3. The lowest BCUT2D eigenvalue weighted by molar-refractivity contribution is -0.404. The topological polar surface area (TPSA) is 834 Å². The Hall–Kier alpha value is -5.19. The van der Waals surface area contributed by atoms with Crippen molar-refractivity contribution in [2.75, 3.05) is 59.5 Å². The van der Waals surface area contributed by atoms with E-state index in [-0.39, 0.29) is 0 Å². The lowest BCUT2D eigenvalue weighted by Gasteiger charge is -2.53. The molecule has 0 aromatic rings. The molecule has 7 saturated heterocycles. The van der Waals surface area contributed by atoms with Crippen LogP contribution in [0.25, 0.3) is 0 Å². The molecule has 38 atom stereocenters. The Morgan fingerprint density at radius 3 is 1.18 bits per heavy atom. The lowest BCUT2D eigenvalue weighted by Crippen LogP contribution is -2.73. The fourth-order valence-corrected chi connectivity index (χ4v) is 13.7. The molecular weight excluding hydrogens is 1520 g/mol. The summed E-state index contributed by atoms with van der Waals surface area (Å²) in [6.07, 6.45) is -78.9. The van der Waals surface area contributed by atoms with Gasteiger partial charge in [-0.25, -0.2) is 14.4 Å². The van der Waals surface area contributed by atoms with Crippen LogP contribution in [-0.4, -0.2) is 470 Å². The van der Waals surface area contributed by atoms with E-state index in [0.717, 1.165) is 13.8 Å². The van der Waals surface area contributed by atoms with Crippen LogP contribution in [0.2, 0.25) is 0 Å². The van der Waals surface area contributed by atoms with Crippen LogP contribution < -0.4 is 21.3 Å². The summed E-state index contributed by atoms with van der Waals surface area (Å²) < 4.78 is 75.3. The van der Waals surface area contributed by atoms with Gasteiger partial charge >= 0.3 is 17.9 Å². The molecule has 4 amide bonds. The molecule has 7 aliphatic heterocycles. The Balaban J connectivity index is 1.27. The van der Waals surface area contributed by atoms with Crippen LogP contribution in [0.4, 0.5) is 0 Å². The molecule has 0 aromatic carbocycles. The summed E-state index contributed by atoms with van der Waals surface area (Å²) >= 11 is 0. The fraction of sp³-hybridized carbons (Fsp3) is 0.881. The Morgan fingerprint density at radius 1 is 0.391 bits per heavy atom. The minimum Gasteiger partial charge on any atom is -0.477 e. The number of nitrogens with one attached hydrogen (secondary N) is 4. The van der Waals surface area contributed by atoms with Gasteiger partial charge in [0.15, 0.2) is 25.2 Å². The van der Waals surface area contributed by atoms with E-state index < -0.39 is 352 Å². The molecule has 31 N–H and O–H groups in total. The number of rotatable bonds is 34. The summed E-state index contributed by atoms with van der Waals surface area (Å²) in [6, 6.07) is -8.34. The molecule has 51 nitrogen and oxygen atoms in total. The highest BCUT2D eigenvalue weighted by atomic mass is 16.8. The second-order valence-corrected chi connectivity index (χ2v) is 26.8. The van der Waals surface area contributed by atoms with Gasteiger partial charge in [0.25, 0.3) is 17.4 Å². The maximum absolute atomic E-state index is 13.8. The van der Waals surface area contributed by atoms with Gasteiger partial charge in [0.1, 0.15) is 166 Å². The first kappa shape index (κ1) is 92.0. The smallest absolute Gasteiger partial charge is 0.364 e. The van der Waals surface area contributed by atoms with Crippen LogP contribution in [0.3, 0.4) is 0 Å². The number of carbonyl (C=O) groups is 7. The number of aliphatic hydroxyl groups is 24. The molecule has 7 heterocycles. The van der Waals surface area contributed by atoms with Crippen molar-refractivity contribution in [3.63, 3.8) is 0 Å². The molecular formula is C59H96N4O47. The van der Waals surface area contributed by atoms with Crippen LogP contribution in [0.5, 0.6) is 0 Å². The van der Waals surface area contributed by atoms with Crippen molar-refractivity contribution < 1.29 is 233 Å². The molecule has 0 aliphatic carbocycles. The maximum Gasteiger partial charge on any atom is 0.364 e. The third-order valence-corrected chi connectivity index (χ3v) is 19.3. The highest BCUT2D eigenvalue weighted by Gasteiger charge is 2.66. The average Bonchev–Trinajstić information content (AvgIpc) is 0.751. The maximum atomic E-state index is 13.8. The second kappa shape index (κ2) is 39.0. The Kier molecular flexibility index (Phi) is 32.6. The van der Waals surface area contributed by atoms with Crippen molar-refractivity contribution in [1.29, 1.82) is 0 Å². The zero-order valence-corrected chi connectivity index (χ0v) is 57.9. The molecule has 51 heteroatoms. The van der Waals surface area contributed by atoms with Gasteiger partial charge in [0.05, 0.1) is 82.7 Å². The molecule has 7 aliphatic rings. The zero-order chi connectivity index (χ0) is 82.3. The number of hydrogen-bond donors (Lipinski definition) is 31. The van der Waals surface area contributed by atoms with Gasteiger partial charge in [0, 0.05) is 33.1 Å². The molecule has 634 valence electrons. The number of carbonyl (C=O) groups excluding carboxylic acids is 4. The predicted molar refractivity (Wildman–Crippen MR) is 333 cm³/mol. The van der Waals surface area contributed by atoms with Gasteiger partial charge in [-0.15, -0.1) is 0 Å². The van der Waals surface area contributed by atoms with E-state index in [2.05, 4.69) is 10.6 Å². The summed E-state index contributed by atoms with van der Waals surface area (Å²) in [5, 5.41) is 304. The molecule has 0 aromatic heterocycles. The Labute approximate surface area is 618 Å². The van der Waals surface area contributed by atoms with E-state index in [0.29, 0.717) is 0 Å². The van der Waals surface area contributed by atoms with Crippen LogP contribution >= 0.6 is 0 Å². The summed E-state index contributed by atoms with van der Waals surface area (Å²) in [4.78, 5) is 91.7. The van der Waals surface area contributed by atoms with Crippen molar-refractivity contribution in [2.24, 2.45) is 0 Å². The van der Waals surface area contributed by atoms with E-state index >= 15 is 0 Å². The first-order valence-corrected chi connectivity index (χ1v) is 33.8. The van der Waals surface area contributed by atoms with Gasteiger partial charge in [0.2, 0.25) is 23.6 Å². The molecule has 0 spiro atoms. The van der Waals surface area contributed by atoms with E-state index in [1.54, 1.807) is 0 Å². The van der Waals surface area contributed by atoms with Crippen molar-refractivity contribution in [2.45, 2.75) is 265 Å². The molecule has 0 radical (unpaired) electrons. The predicted octanol–water partition coefficient (Wildman–Crippen LogP) is -20.1.